The number of aromatic nitrogens is 2. The van der Waals surface area contributed by atoms with Crippen molar-refractivity contribution in [2.75, 3.05) is 5.73 Å². The first-order valence-corrected chi connectivity index (χ1v) is 4.28. The van der Waals surface area contributed by atoms with E-state index in [1.165, 1.54) is 12.4 Å². The Morgan fingerprint density at radius 2 is 2.15 bits per heavy atom. The van der Waals surface area contributed by atoms with Crippen molar-refractivity contribution in [1.82, 2.24) is 9.97 Å². The van der Waals surface area contributed by atoms with Crippen LogP contribution in [0.4, 0.5) is 14.5 Å². The molecule has 0 radical (unpaired) electrons. The minimum absolute atomic E-state index is 0.213. The Morgan fingerprint density at radius 3 is 2.77 bits per heavy atom. The van der Waals surface area contributed by atoms with Crippen LogP contribution in [0, 0.1) is 0 Å². The second kappa shape index (κ2) is 2.88. The highest BCUT2D eigenvalue weighted by molar-refractivity contribution is 7.18. The number of nitrogens with zero attached hydrogens (tertiary/aromatic N) is 2. The van der Waals surface area contributed by atoms with Gasteiger partial charge in [-0.25, -0.2) is 13.8 Å². The molecule has 6 heteroatoms. The molecule has 0 aliphatic carbocycles. The van der Waals surface area contributed by atoms with E-state index in [0.717, 1.165) is 11.3 Å². The molecule has 0 unspecified atom stereocenters. The van der Waals surface area contributed by atoms with Crippen molar-refractivity contribution in [2.24, 2.45) is 0 Å². The van der Waals surface area contributed by atoms with Gasteiger partial charge in [0.15, 0.2) is 5.01 Å². The van der Waals surface area contributed by atoms with Crippen LogP contribution in [-0.2, 0) is 0 Å². The number of thiazole rings is 1. The molecule has 0 saturated heterocycles. The maximum Gasteiger partial charge on any atom is 0.289 e. The van der Waals surface area contributed by atoms with E-state index >= 15 is 0 Å². The van der Waals surface area contributed by atoms with Crippen LogP contribution in [0.15, 0.2) is 12.4 Å². The van der Waals surface area contributed by atoms with Crippen LogP contribution in [0.1, 0.15) is 11.4 Å². The summed E-state index contributed by atoms with van der Waals surface area (Å²) in [7, 11) is 0. The predicted octanol–water partition coefficient (Wildman–Crippen LogP) is 2.21. The molecule has 2 aromatic rings. The summed E-state index contributed by atoms with van der Waals surface area (Å²) in [5.74, 6) is 0. The van der Waals surface area contributed by atoms with E-state index in [2.05, 4.69) is 9.97 Å². The summed E-state index contributed by atoms with van der Waals surface area (Å²) in [6.07, 6.45) is 0.337. The lowest BCUT2D eigenvalue weighted by atomic mass is 10.4. The number of halogens is 2. The SMILES string of the molecule is Nc1cncc2sc(C(F)F)nc12. The monoisotopic (exact) mass is 201 g/mol. The maximum atomic E-state index is 12.2. The molecule has 0 aliphatic rings. The number of nitrogens with two attached hydrogens (primary N) is 1. The van der Waals surface area contributed by atoms with Gasteiger partial charge < -0.3 is 5.73 Å². The van der Waals surface area contributed by atoms with E-state index in [4.69, 9.17) is 5.73 Å². The fraction of sp³-hybridized carbons (Fsp3) is 0.143. The number of anilines is 1. The molecule has 13 heavy (non-hydrogen) atoms. The molecule has 0 bridgehead atoms. The summed E-state index contributed by atoms with van der Waals surface area (Å²) in [6.45, 7) is 0. The first kappa shape index (κ1) is 8.31. The summed E-state index contributed by atoms with van der Waals surface area (Å²) in [5.41, 5.74) is 6.25. The molecule has 0 aliphatic heterocycles. The Kier molecular flexibility index (Phi) is 1.84. The van der Waals surface area contributed by atoms with E-state index in [0.29, 0.717) is 15.9 Å². The predicted molar refractivity (Wildman–Crippen MR) is 46.8 cm³/mol. The largest absolute Gasteiger partial charge is 0.396 e. The van der Waals surface area contributed by atoms with Crippen LogP contribution in [0.3, 0.4) is 0 Å². The van der Waals surface area contributed by atoms with Crippen LogP contribution in [0.5, 0.6) is 0 Å². The van der Waals surface area contributed by atoms with Crippen LogP contribution >= 0.6 is 11.3 Å². The number of hydrogen-bond donors (Lipinski definition) is 1. The van der Waals surface area contributed by atoms with Crippen LogP contribution in [0.25, 0.3) is 10.2 Å². The summed E-state index contributed by atoms with van der Waals surface area (Å²) in [5, 5.41) is -0.213. The molecular weight excluding hydrogens is 196 g/mol. The van der Waals surface area contributed by atoms with Crippen molar-refractivity contribution in [1.29, 1.82) is 0 Å². The fourth-order valence-electron chi connectivity index (χ4n) is 0.983. The van der Waals surface area contributed by atoms with Gasteiger partial charge >= 0.3 is 0 Å². The third-order valence-electron chi connectivity index (χ3n) is 1.54. The van der Waals surface area contributed by atoms with Crippen molar-refractivity contribution < 1.29 is 8.78 Å². The lowest BCUT2D eigenvalue weighted by Crippen LogP contribution is -1.87. The Balaban J connectivity index is 2.68. The second-order valence-electron chi connectivity index (χ2n) is 2.43. The lowest BCUT2D eigenvalue weighted by molar-refractivity contribution is 0.151. The number of nitrogen functional groups attached to an aromatic ring is 1. The number of rotatable bonds is 1. The molecule has 0 spiro atoms. The van der Waals surface area contributed by atoms with Crippen LogP contribution in [-0.4, -0.2) is 9.97 Å². The van der Waals surface area contributed by atoms with Crippen molar-refractivity contribution in [3.63, 3.8) is 0 Å². The zero-order valence-electron chi connectivity index (χ0n) is 6.37. The first-order chi connectivity index (χ1) is 6.18. The average molecular weight is 201 g/mol. The fourth-order valence-corrected chi connectivity index (χ4v) is 1.81. The standard InChI is InChI=1S/C7H5F2N3S/c8-6(9)7-12-5-3(10)1-11-2-4(5)13-7/h1-2,6H,10H2. The highest BCUT2D eigenvalue weighted by Crippen LogP contribution is 2.30. The van der Waals surface area contributed by atoms with E-state index < -0.39 is 6.43 Å². The number of hydrogen-bond acceptors (Lipinski definition) is 4. The van der Waals surface area contributed by atoms with Crippen molar-refractivity contribution in [3.05, 3.63) is 17.4 Å². The summed E-state index contributed by atoms with van der Waals surface area (Å²) in [4.78, 5) is 7.50. The normalized spacial score (nSPS) is 11.3. The zero-order chi connectivity index (χ0) is 9.42. The van der Waals surface area contributed by atoms with E-state index in [1.54, 1.807) is 0 Å². The summed E-state index contributed by atoms with van der Waals surface area (Å²) >= 11 is 0.916. The first-order valence-electron chi connectivity index (χ1n) is 3.46. The number of pyridine rings is 1. The van der Waals surface area contributed by atoms with Gasteiger partial charge in [0, 0.05) is 6.20 Å². The van der Waals surface area contributed by atoms with E-state index in [1.807, 2.05) is 0 Å². The summed E-state index contributed by atoms with van der Waals surface area (Å²) < 4.78 is 25.0. The van der Waals surface area contributed by atoms with Crippen molar-refractivity contribution in [2.45, 2.75) is 6.43 Å². The Bertz CT molecular complexity index is 440. The lowest BCUT2D eigenvalue weighted by Gasteiger charge is -1.90. The Labute approximate surface area is 76.2 Å². The van der Waals surface area contributed by atoms with Gasteiger partial charge in [0.25, 0.3) is 6.43 Å². The molecule has 0 atom stereocenters. The molecule has 0 aromatic carbocycles. The maximum absolute atomic E-state index is 12.2. The molecule has 0 saturated carbocycles. The zero-order valence-corrected chi connectivity index (χ0v) is 7.18. The van der Waals surface area contributed by atoms with Gasteiger partial charge in [-0.1, -0.05) is 0 Å². The van der Waals surface area contributed by atoms with Gasteiger partial charge in [-0.2, -0.15) is 0 Å². The molecule has 2 aromatic heterocycles. The molecule has 0 amide bonds. The van der Waals surface area contributed by atoms with Crippen molar-refractivity contribution >= 4 is 27.2 Å². The second-order valence-corrected chi connectivity index (χ2v) is 3.49. The molecule has 68 valence electrons. The smallest absolute Gasteiger partial charge is 0.289 e. The molecule has 3 nitrogen and oxygen atoms in total. The summed E-state index contributed by atoms with van der Waals surface area (Å²) in [6, 6.07) is 0. The molecule has 2 N–H and O–H groups in total. The topological polar surface area (TPSA) is 51.8 Å². The van der Waals surface area contributed by atoms with E-state index in [-0.39, 0.29) is 5.01 Å². The van der Waals surface area contributed by atoms with Crippen molar-refractivity contribution in [3.8, 4) is 0 Å². The van der Waals surface area contributed by atoms with Gasteiger partial charge in [-0.05, 0) is 0 Å². The molecular formula is C7H5F2N3S. The Hall–Kier alpha value is -1.30. The van der Waals surface area contributed by atoms with Crippen LogP contribution in [0.2, 0.25) is 0 Å². The number of fused-ring (bicyclic) bond motifs is 1. The Morgan fingerprint density at radius 1 is 1.38 bits per heavy atom. The van der Waals surface area contributed by atoms with E-state index in [9.17, 15) is 8.78 Å². The number of alkyl halides is 2. The molecule has 2 heterocycles. The third-order valence-corrected chi connectivity index (χ3v) is 2.53. The highest BCUT2D eigenvalue weighted by atomic mass is 32.1. The van der Waals surface area contributed by atoms with Gasteiger partial charge in [0.1, 0.15) is 5.52 Å². The molecule has 0 fully saturated rings. The van der Waals surface area contributed by atoms with Gasteiger partial charge in [-0.3, -0.25) is 4.98 Å². The third kappa shape index (κ3) is 1.33. The quantitative estimate of drug-likeness (QED) is 0.769. The van der Waals surface area contributed by atoms with Gasteiger partial charge in [0.2, 0.25) is 0 Å². The highest BCUT2D eigenvalue weighted by Gasteiger charge is 2.14. The van der Waals surface area contributed by atoms with Gasteiger partial charge in [-0.15, -0.1) is 11.3 Å². The minimum Gasteiger partial charge on any atom is -0.396 e. The van der Waals surface area contributed by atoms with Crippen LogP contribution < -0.4 is 5.73 Å². The minimum atomic E-state index is -2.54. The molecule has 2 rings (SSSR count). The average Bonchev–Trinajstić information content (AvgIpc) is 2.49. The van der Waals surface area contributed by atoms with Gasteiger partial charge in [0.05, 0.1) is 16.6 Å².